The molecule has 4 unspecified atom stereocenters. The van der Waals surface area contributed by atoms with Gasteiger partial charge in [-0.15, -0.1) is 0 Å². The van der Waals surface area contributed by atoms with Gasteiger partial charge >= 0.3 is 0 Å². The van der Waals surface area contributed by atoms with Crippen molar-refractivity contribution in [3.63, 3.8) is 0 Å². The van der Waals surface area contributed by atoms with Gasteiger partial charge in [0.1, 0.15) is 0 Å². The quantitative estimate of drug-likeness (QED) is 0.818. The zero-order valence-electron chi connectivity index (χ0n) is 11.6. The number of methoxy groups -OCH3 is 1. The van der Waals surface area contributed by atoms with E-state index < -0.39 is 0 Å². The summed E-state index contributed by atoms with van der Waals surface area (Å²) < 4.78 is 5.50. The molecule has 0 aromatic heterocycles. The Hall–Kier alpha value is -0.120. The van der Waals surface area contributed by atoms with E-state index in [1.165, 1.54) is 25.7 Å². The van der Waals surface area contributed by atoms with E-state index in [9.17, 15) is 0 Å². The summed E-state index contributed by atoms with van der Waals surface area (Å²) in [5, 5.41) is 0. The molecule has 2 fully saturated rings. The maximum Gasteiger partial charge on any atom is 0.0710 e. The van der Waals surface area contributed by atoms with Crippen LogP contribution in [0.5, 0.6) is 0 Å². The first-order valence-electron chi connectivity index (χ1n) is 7.10. The highest BCUT2D eigenvalue weighted by Crippen LogP contribution is 2.42. The number of likely N-dealkylation sites (tertiary alicyclic amines) is 1. The van der Waals surface area contributed by atoms with Crippen LogP contribution in [0.2, 0.25) is 0 Å². The van der Waals surface area contributed by atoms with Gasteiger partial charge in [0, 0.05) is 32.3 Å². The van der Waals surface area contributed by atoms with E-state index in [2.05, 4.69) is 18.7 Å². The van der Waals surface area contributed by atoms with Gasteiger partial charge < -0.3 is 10.5 Å². The van der Waals surface area contributed by atoms with Gasteiger partial charge in [-0.3, -0.25) is 4.90 Å². The van der Waals surface area contributed by atoms with Crippen molar-refractivity contribution in [2.24, 2.45) is 17.6 Å². The first-order chi connectivity index (χ1) is 8.12. The SMILES string of the molecule is COC1CCN(C2(CN)CC(C)CCC2C)C1. The summed E-state index contributed by atoms with van der Waals surface area (Å²) in [7, 11) is 1.83. The molecule has 4 atom stereocenters. The van der Waals surface area contributed by atoms with Crippen molar-refractivity contribution in [1.29, 1.82) is 0 Å². The molecule has 100 valence electrons. The standard InChI is InChI=1S/C14H28N2O/c1-11-4-5-12(2)14(8-11,10-15)16-7-6-13(9-16)17-3/h11-13H,4-10,15H2,1-3H3. The molecule has 0 aromatic carbocycles. The van der Waals surface area contributed by atoms with Crippen LogP contribution in [-0.2, 0) is 4.74 Å². The van der Waals surface area contributed by atoms with E-state index in [1.54, 1.807) is 0 Å². The van der Waals surface area contributed by atoms with Gasteiger partial charge in [-0.1, -0.05) is 20.3 Å². The molecule has 3 heteroatoms. The fraction of sp³-hybridized carbons (Fsp3) is 1.00. The fourth-order valence-corrected chi connectivity index (χ4v) is 3.89. The van der Waals surface area contributed by atoms with Gasteiger partial charge in [-0.05, 0) is 31.1 Å². The van der Waals surface area contributed by atoms with E-state index >= 15 is 0 Å². The molecule has 0 spiro atoms. The zero-order valence-corrected chi connectivity index (χ0v) is 11.6. The van der Waals surface area contributed by atoms with Gasteiger partial charge in [-0.2, -0.15) is 0 Å². The van der Waals surface area contributed by atoms with Crippen molar-refractivity contribution in [1.82, 2.24) is 4.90 Å². The van der Waals surface area contributed by atoms with Crippen LogP contribution in [0.25, 0.3) is 0 Å². The Kier molecular flexibility index (Phi) is 4.11. The second kappa shape index (κ2) is 5.25. The molecular weight excluding hydrogens is 212 g/mol. The lowest BCUT2D eigenvalue weighted by Crippen LogP contribution is -2.59. The van der Waals surface area contributed by atoms with Crippen LogP contribution in [0.15, 0.2) is 0 Å². The highest BCUT2D eigenvalue weighted by molar-refractivity contribution is 5.02. The summed E-state index contributed by atoms with van der Waals surface area (Å²) in [5.41, 5.74) is 6.42. The van der Waals surface area contributed by atoms with Crippen molar-refractivity contribution >= 4 is 0 Å². The van der Waals surface area contributed by atoms with E-state index in [-0.39, 0.29) is 5.54 Å². The molecule has 1 heterocycles. The first kappa shape index (κ1) is 13.3. The molecule has 2 rings (SSSR count). The Balaban J connectivity index is 2.12. The van der Waals surface area contributed by atoms with Crippen LogP contribution in [0.1, 0.15) is 39.5 Å². The van der Waals surface area contributed by atoms with E-state index in [4.69, 9.17) is 10.5 Å². The number of nitrogens with two attached hydrogens (primary N) is 1. The van der Waals surface area contributed by atoms with Crippen LogP contribution in [-0.4, -0.2) is 43.3 Å². The van der Waals surface area contributed by atoms with Crippen molar-refractivity contribution in [3.05, 3.63) is 0 Å². The maximum absolute atomic E-state index is 6.18. The number of nitrogens with zero attached hydrogens (tertiary/aromatic N) is 1. The van der Waals surface area contributed by atoms with Crippen molar-refractivity contribution < 1.29 is 4.74 Å². The molecule has 2 aliphatic rings. The highest BCUT2D eigenvalue weighted by atomic mass is 16.5. The molecule has 1 saturated carbocycles. The zero-order chi connectivity index (χ0) is 12.5. The molecule has 0 bridgehead atoms. The Bertz CT molecular complexity index is 259. The third-order valence-corrected chi connectivity index (χ3v) is 5.17. The van der Waals surface area contributed by atoms with Gasteiger partial charge in [-0.25, -0.2) is 0 Å². The second-order valence-electron chi connectivity index (χ2n) is 6.19. The molecule has 0 amide bonds. The lowest BCUT2D eigenvalue weighted by atomic mass is 9.68. The minimum atomic E-state index is 0.241. The molecule has 0 radical (unpaired) electrons. The van der Waals surface area contributed by atoms with Crippen molar-refractivity contribution in [2.45, 2.75) is 51.2 Å². The molecule has 3 nitrogen and oxygen atoms in total. The second-order valence-corrected chi connectivity index (χ2v) is 6.19. The predicted octanol–water partition coefficient (Wildman–Crippen LogP) is 1.86. The summed E-state index contributed by atoms with van der Waals surface area (Å²) in [6.07, 6.45) is 5.54. The summed E-state index contributed by atoms with van der Waals surface area (Å²) in [5.74, 6) is 1.54. The maximum atomic E-state index is 6.18. The number of ether oxygens (including phenoxy) is 1. The Morgan fingerprint density at radius 1 is 1.29 bits per heavy atom. The third-order valence-electron chi connectivity index (χ3n) is 5.17. The topological polar surface area (TPSA) is 38.5 Å². The molecule has 2 N–H and O–H groups in total. The van der Waals surface area contributed by atoms with E-state index in [1.807, 2.05) is 7.11 Å². The molecule has 1 aliphatic heterocycles. The summed E-state index contributed by atoms with van der Waals surface area (Å²) in [4.78, 5) is 2.63. The van der Waals surface area contributed by atoms with E-state index in [0.717, 1.165) is 31.5 Å². The van der Waals surface area contributed by atoms with Gasteiger partial charge in [0.2, 0.25) is 0 Å². The normalized spacial score (nSPS) is 44.1. The summed E-state index contributed by atoms with van der Waals surface area (Å²) in [6, 6.07) is 0. The lowest BCUT2D eigenvalue weighted by Gasteiger charge is -2.50. The minimum absolute atomic E-state index is 0.241. The average molecular weight is 240 g/mol. The smallest absolute Gasteiger partial charge is 0.0710 e. The average Bonchev–Trinajstić information content (AvgIpc) is 2.81. The van der Waals surface area contributed by atoms with Crippen LogP contribution in [0.4, 0.5) is 0 Å². The Labute approximate surface area is 106 Å². The predicted molar refractivity (Wildman–Crippen MR) is 71.0 cm³/mol. The molecule has 1 saturated heterocycles. The molecule has 0 aromatic rings. The number of rotatable bonds is 3. The Morgan fingerprint density at radius 2 is 2.06 bits per heavy atom. The van der Waals surface area contributed by atoms with Gasteiger partial charge in [0.05, 0.1) is 6.10 Å². The van der Waals surface area contributed by atoms with Crippen LogP contribution in [0.3, 0.4) is 0 Å². The fourth-order valence-electron chi connectivity index (χ4n) is 3.89. The lowest BCUT2D eigenvalue weighted by molar-refractivity contribution is 0.000283. The molecule has 17 heavy (non-hydrogen) atoms. The highest BCUT2D eigenvalue weighted by Gasteiger charge is 2.46. The summed E-state index contributed by atoms with van der Waals surface area (Å²) >= 11 is 0. The number of hydrogen-bond donors (Lipinski definition) is 1. The largest absolute Gasteiger partial charge is 0.380 e. The van der Waals surface area contributed by atoms with Crippen molar-refractivity contribution in [2.75, 3.05) is 26.7 Å². The van der Waals surface area contributed by atoms with Gasteiger partial charge in [0.15, 0.2) is 0 Å². The van der Waals surface area contributed by atoms with Crippen molar-refractivity contribution in [3.8, 4) is 0 Å². The van der Waals surface area contributed by atoms with E-state index in [0.29, 0.717) is 6.10 Å². The van der Waals surface area contributed by atoms with Crippen LogP contribution < -0.4 is 5.73 Å². The summed E-state index contributed by atoms with van der Waals surface area (Å²) in [6.45, 7) is 7.80. The third kappa shape index (κ3) is 2.38. The Morgan fingerprint density at radius 3 is 2.65 bits per heavy atom. The first-order valence-corrected chi connectivity index (χ1v) is 7.10. The van der Waals surface area contributed by atoms with Gasteiger partial charge in [0.25, 0.3) is 0 Å². The molecular formula is C14H28N2O. The molecule has 1 aliphatic carbocycles. The number of hydrogen-bond acceptors (Lipinski definition) is 3. The van der Waals surface area contributed by atoms with Crippen LogP contribution >= 0.6 is 0 Å². The minimum Gasteiger partial charge on any atom is -0.380 e. The van der Waals surface area contributed by atoms with Crippen LogP contribution in [0, 0.1) is 11.8 Å². The monoisotopic (exact) mass is 240 g/mol.